The van der Waals surface area contributed by atoms with Crippen molar-refractivity contribution in [2.24, 2.45) is 4.99 Å². The molecule has 0 amide bonds. The molecule has 0 aliphatic carbocycles. The molecule has 4 nitrogen and oxygen atoms in total. The molecule has 1 aliphatic rings. The number of hydrogen-bond donors (Lipinski definition) is 0. The summed E-state index contributed by atoms with van der Waals surface area (Å²) in [5.74, 6) is 0.189. The van der Waals surface area contributed by atoms with E-state index in [1.54, 1.807) is 6.07 Å². The maximum absolute atomic E-state index is 11.7. The van der Waals surface area contributed by atoms with Gasteiger partial charge in [-0.15, -0.1) is 0 Å². The largest absolute Gasteiger partial charge is 0.465 e. The highest BCUT2D eigenvalue weighted by Gasteiger charge is 2.35. The van der Waals surface area contributed by atoms with Crippen LogP contribution in [-0.4, -0.2) is 31.4 Å². The van der Waals surface area contributed by atoms with Crippen molar-refractivity contribution in [3.63, 3.8) is 0 Å². The van der Waals surface area contributed by atoms with Gasteiger partial charge in [0.05, 0.1) is 18.4 Å². The first kappa shape index (κ1) is 21.1. The minimum absolute atomic E-state index is 0.177. The van der Waals surface area contributed by atoms with Gasteiger partial charge < -0.3 is 9.64 Å². The second-order valence-electron chi connectivity index (χ2n) is 8.64. The molecular weight excluding hydrogens is 360 g/mol. The summed E-state index contributed by atoms with van der Waals surface area (Å²) in [4.78, 5) is 18.9. The summed E-state index contributed by atoms with van der Waals surface area (Å²) in [6, 6.07) is 12.1. The van der Waals surface area contributed by atoms with Crippen molar-refractivity contribution in [1.29, 1.82) is 0 Å². The minimum atomic E-state index is -0.327. The van der Waals surface area contributed by atoms with Gasteiger partial charge in [-0.25, -0.2) is 4.79 Å². The summed E-state index contributed by atoms with van der Waals surface area (Å²) < 4.78 is 4.78. The molecule has 0 spiro atoms. The average molecular weight is 393 g/mol. The second kappa shape index (κ2) is 8.40. The van der Waals surface area contributed by atoms with Crippen LogP contribution in [-0.2, 0) is 4.74 Å². The van der Waals surface area contributed by atoms with E-state index in [2.05, 4.69) is 55.8 Å². The molecule has 1 heterocycles. The fraction of sp³-hybridized carbons (Fsp3) is 0.440. The van der Waals surface area contributed by atoms with E-state index < -0.39 is 0 Å². The van der Waals surface area contributed by atoms with Crippen molar-refractivity contribution in [3.05, 3.63) is 58.7 Å². The highest BCUT2D eigenvalue weighted by Crippen LogP contribution is 2.43. The number of methoxy groups -OCH3 is 1. The Morgan fingerprint density at radius 1 is 1.28 bits per heavy atom. The van der Waals surface area contributed by atoms with Crippen LogP contribution in [0.25, 0.3) is 0 Å². The highest BCUT2D eigenvalue weighted by molar-refractivity contribution is 5.90. The van der Waals surface area contributed by atoms with Crippen molar-refractivity contribution < 1.29 is 9.53 Å². The Kier molecular flexibility index (Phi) is 6.11. The smallest absolute Gasteiger partial charge is 0.337 e. The van der Waals surface area contributed by atoms with Crippen LogP contribution in [0.2, 0.25) is 0 Å². The number of carbonyl (C=O) groups excluding carboxylic acids is 1. The highest BCUT2D eigenvalue weighted by atomic mass is 16.5. The number of esters is 1. The zero-order chi connectivity index (χ0) is 21.2. The molecule has 0 saturated heterocycles. The molecule has 29 heavy (non-hydrogen) atoms. The third-order valence-corrected chi connectivity index (χ3v) is 5.83. The number of aryl methyl sites for hydroxylation is 1. The molecule has 0 saturated carbocycles. The van der Waals surface area contributed by atoms with Gasteiger partial charge >= 0.3 is 5.97 Å². The summed E-state index contributed by atoms with van der Waals surface area (Å²) in [6.07, 6.45) is 4.20. The van der Waals surface area contributed by atoms with Gasteiger partial charge in [0, 0.05) is 24.0 Å². The monoisotopic (exact) mass is 392 g/mol. The van der Waals surface area contributed by atoms with Gasteiger partial charge in [-0.3, -0.25) is 4.99 Å². The third kappa shape index (κ3) is 4.36. The van der Waals surface area contributed by atoms with Crippen LogP contribution in [0.5, 0.6) is 0 Å². The van der Waals surface area contributed by atoms with E-state index in [9.17, 15) is 4.79 Å². The number of aliphatic imine (C=N–C) groups is 1. The van der Waals surface area contributed by atoms with Gasteiger partial charge in [-0.1, -0.05) is 19.9 Å². The summed E-state index contributed by atoms with van der Waals surface area (Å²) in [6.45, 7) is 12.3. The third-order valence-electron chi connectivity index (χ3n) is 5.83. The van der Waals surface area contributed by atoms with Gasteiger partial charge in [-0.2, -0.15) is 0 Å². The standard InChI is InChI=1S/C25H32N2O2/c1-7-12-27-23-11-8-19(14-21(23)18(3)15-25(27,4)5)16-26-22-10-9-20(13-17(22)2)24(28)29-6/h8-11,13-14,16,18H,7,12,15H2,1-6H3. The summed E-state index contributed by atoms with van der Waals surface area (Å²) >= 11 is 0. The molecule has 2 aromatic carbocycles. The molecule has 0 N–H and O–H groups in total. The van der Waals surface area contributed by atoms with Crippen molar-refractivity contribution in [2.45, 2.75) is 58.9 Å². The molecule has 0 fully saturated rings. The first-order chi connectivity index (χ1) is 13.8. The lowest BCUT2D eigenvalue weighted by molar-refractivity contribution is 0.0600. The van der Waals surface area contributed by atoms with E-state index in [4.69, 9.17) is 4.74 Å². The lowest BCUT2D eigenvalue weighted by Gasteiger charge is -2.47. The number of hydrogen-bond acceptors (Lipinski definition) is 4. The van der Waals surface area contributed by atoms with E-state index in [0.29, 0.717) is 11.5 Å². The van der Waals surface area contributed by atoms with E-state index >= 15 is 0 Å². The maximum atomic E-state index is 11.7. The van der Waals surface area contributed by atoms with Gasteiger partial charge in [0.1, 0.15) is 0 Å². The fourth-order valence-corrected chi connectivity index (χ4v) is 4.43. The van der Waals surface area contributed by atoms with E-state index in [1.165, 1.54) is 18.4 Å². The normalized spacial score (nSPS) is 18.0. The predicted octanol–water partition coefficient (Wildman–Crippen LogP) is 6.03. The zero-order valence-electron chi connectivity index (χ0n) is 18.5. The van der Waals surface area contributed by atoms with Crippen LogP contribution in [0.4, 0.5) is 11.4 Å². The Bertz CT molecular complexity index is 930. The minimum Gasteiger partial charge on any atom is -0.465 e. The molecular formula is C25H32N2O2. The topological polar surface area (TPSA) is 41.9 Å². The molecule has 4 heteroatoms. The van der Waals surface area contributed by atoms with E-state index in [-0.39, 0.29) is 11.5 Å². The van der Waals surface area contributed by atoms with Crippen molar-refractivity contribution in [3.8, 4) is 0 Å². The van der Waals surface area contributed by atoms with Crippen LogP contribution < -0.4 is 4.90 Å². The Labute approximate surface area is 174 Å². The number of rotatable bonds is 5. The Morgan fingerprint density at radius 2 is 2.03 bits per heavy atom. The molecule has 2 aromatic rings. The zero-order valence-corrected chi connectivity index (χ0v) is 18.5. The molecule has 1 atom stereocenters. The van der Waals surface area contributed by atoms with Crippen LogP contribution in [0.1, 0.15) is 73.5 Å². The van der Waals surface area contributed by atoms with Crippen molar-refractivity contribution in [2.75, 3.05) is 18.6 Å². The van der Waals surface area contributed by atoms with Crippen LogP contribution in [0.3, 0.4) is 0 Å². The number of benzene rings is 2. The molecule has 0 bridgehead atoms. The number of carbonyl (C=O) groups is 1. The molecule has 0 radical (unpaired) electrons. The Balaban J connectivity index is 1.89. The first-order valence-electron chi connectivity index (χ1n) is 10.4. The maximum Gasteiger partial charge on any atom is 0.337 e. The summed E-state index contributed by atoms with van der Waals surface area (Å²) in [5.41, 5.74) is 6.39. The van der Waals surface area contributed by atoms with Gasteiger partial charge in [0.25, 0.3) is 0 Å². The quantitative estimate of drug-likeness (QED) is 0.460. The van der Waals surface area contributed by atoms with E-state index in [0.717, 1.165) is 36.2 Å². The number of nitrogens with zero attached hydrogens (tertiary/aromatic N) is 2. The number of anilines is 1. The Hall–Kier alpha value is -2.62. The molecule has 0 aromatic heterocycles. The summed E-state index contributed by atoms with van der Waals surface area (Å²) in [5, 5.41) is 0. The predicted molar refractivity (Wildman–Crippen MR) is 121 cm³/mol. The number of ether oxygens (including phenoxy) is 1. The van der Waals surface area contributed by atoms with Gasteiger partial charge in [0.2, 0.25) is 0 Å². The number of fused-ring (bicyclic) bond motifs is 1. The van der Waals surface area contributed by atoms with Crippen molar-refractivity contribution in [1.82, 2.24) is 0 Å². The lowest BCUT2D eigenvalue weighted by atomic mass is 9.79. The fourth-order valence-electron chi connectivity index (χ4n) is 4.43. The lowest BCUT2D eigenvalue weighted by Crippen LogP contribution is -2.48. The SMILES string of the molecule is CCCN1c2ccc(C=Nc3ccc(C(=O)OC)cc3C)cc2C(C)CC1(C)C. The van der Waals surface area contributed by atoms with Crippen molar-refractivity contribution >= 4 is 23.6 Å². The van der Waals surface area contributed by atoms with Crippen LogP contribution in [0, 0.1) is 6.92 Å². The Morgan fingerprint density at radius 3 is 2.69 bits per heavy atom. The van der Waals surface area contributed by atoms with E-state index in [1.807, 2.05) is 25.3 Å². The molecule has 3 rings (SSSR count). The van der Waals surface area contributed by atoms with Gasteiger partial charge in [0.15, 0.2) is 0 Å². The molecule has 154 valence electrons. The molecule has 1 unspecified atom stereocenters. The van der Waals surface area contributed by atoms with Crippen LogP contribution >= 0.6 is 0 Å². The van der Waals surface area contributed by atoms with Gasteiger partial charge in [-0.05, 0) is 86.6 Å². The van der Waals surface area contributed by atoms with Crippen LogP contribution in [0.15, 0.2) is 41.4 Å². The second-order valence-corrected chi connectivity index (χ2v) is 8.64. The first-order valence-corrected chi connectivity index (χ1v) is 10.4. The summed E-state index contributed by atoms with van der Waals surface area (Å²) in [7, 11) is 1.39. The average Bonchev–Trinajstić information content (AvgIpc) is 2.69. The molecule has 1 aliphatic heterocycles.